The zero-order chi connectivity index (χ0) is 16.4. The number of hydrogen-bond donors (Lipinski definition) is 0. The molecule has 2 aromatic carbocycles. The molecule has 0 aliphatic carbocycles. The van der Waals surface area contributed by atoms with Crippen LogP contribution in [0.15, 0.2) is 42.5 Å². The van der Waals surface area contributed by atoms with Gasteiger partial charge in [-0.2, -0.15) is 0 Å². The first-order valence-corrected chi connectivity index (χ1v) is 7.76. The van der Waals surface area contributed by atoms with E-state index in [9.17, 15) is 4.79 Å². The Kier molecular flexibility index (Phi) is 4.24. The molecule has 1 heterocycles. The second-order valence-corrected chi connectivity index (χ2v) is 5.69. The fourth-order valence-corrected chi connectivity index (χ4v) is 3.18. The van der Waals surface area contributed by atoms with Crippen LogP contribution in [0.1, 0.15) is 34.5 Å². The molecule has 4 nitrogen and oxygen atoms in total. The van der Waals surface area contributed by atoms with Crippen molar-refractivity contribution >= 4 is 5.91 Å². The summed E-state index contributed by atoms with van der Waals surface area (Å²) in [6.45, 7) is 2.81. The average molecular weight is 311 g/mol. The summed E-state index contributed by atoms with van der Waals surface area (Å²) in [4.78, 5) is 14.8. The van der Waals surface area contributed by atoms with Crippen molar-refractivity contribution in [3.63, 3.8) is 0 Å². The van der Waals surface area contributed by atoms with Gasteiger partial charge in [0.2, 0.25) is 0 Å². The Balaban J connectivity index is 1.89. The van der Waals surface area contributed by atoms with Crippen molar-refractivity contribution in [3.8, 4) is 11.5 Å². The van der Waals surface area contributed by atoms with Crippen LogP contribution in [0.25, 0.3) is 0 Å². The van der Waals surface area contributed by atoms with Crippen molar-refractivity contribution in [2.45, 2.75) is 19.4 Å². The minimum Gasteiger partial charge on any atom is -0.493 e. The third-order valence-corrected chi connectivity index (χ3v) is 4.49. The number of rotatable bonds is 3. The van der Waals surface area contributed by atoms with Crippen LogP contribution in [0.5, 0.6) is 11.5 Å². The Morgan fingerprint density at radius 3 is 2.57 bits per heavy atom. The number of methoxy groups -OCH3 is 2. The summed E-state index contributed by atoms with van der Waals surface area (Å²) in [5.41, 5.74) is 3.18. The SMILES string of the molecule is COc1ccc(C(=O)N2CCc3ccccc3C2C)cc1OC. The number of hydrogen-bond acceptors (Lipinski definition) is 3. The van der Waals surface area contributed by atoms with Crippen LogP contribution in [0.2, 0.25) is 0 Å². The Labute approximate surface area is 136 Å². The van der Waals surface area contributed by atoms with Gasteiger partial charge in [-0.1, -0.05) is 24.3 Å². The van der Waals surface area contributed by atoms with Gasteiger partial charge < -0.3 is 14.4 Å². The van der Waals surface area contributed by atoms with E-state index in [2.05, 4.69) is 25.1 Å². The van der Waals surface area contributed by atoms with Gasteiger partial charge in [-0.3, -0.25) is 4.79 Å². The molecule has 1 amide bonds. The maximum atomic E-state index is 12.9. The van der Waals surface area contributed by atoms with Crippen molar-refractivity contribution in [2.75, 3.05) is 20.8 Å². The molecule has 0 saturated heterocycles. The molecule has 1 aliphatic heterocycles. The lowest BCUT2D eigenvalue weighted by molar-refractivity contribution is 0.0677. The molecular weight excluding hydrogens is 290 g/mol. The molecule has 1 unspecified atom stereocenters. The fourth-order valence-electron chi connectivity index (χ4n) is 3.18. The second kappa shape index (κ2) is 6.32. The van der Waals surface area contributed by atoms with Crippen molar-refractivity contribution in [2.24, 2.45) is 0 Å². The third kappa shape index (κ3) is 2.77. The van der Waals surface area contributed by atoms with E-state index in [1.165, 1.54) is 11.1 Å². The standard InChI is InChI=1S/C19H21NO3/c1-13-16-7-5-4-6-14(16)10-11-20(13)19(21)15-8-9-17(22-2)18(12-15)23-3/h4-9,12-13H,10-11H2,1-3H3. The van der Waals surface area contributed by atoms with Crippen LogP contribution in [-0.2, 0) is 6.42 Å². The maximum Gasteiger partial charge on any atom is 0.254 e. The lowest BCUT2D eigenvalue weighted by Gasteiger charge is -2.35. The molecule has 0 fully saturated rings. The van der Waals surface area contributed by atoms with Crippen LogP contribution >= 0.6 is 0 Å². The maximum absolute atomic E-state index is 12.9. The van der Waals surface area contributed by atoms with E-state index in [1.807, 2.05) is 11.0 Å². The molecule has 0 radical (unpaired) electrons. The molecule has 1 aliphatic rings. The van der Waals surface area contributed by atoms with Crippen molar-refractivity contribution in [3.05, 3.63) is 59.2 Å². The van der Waals surface area contributed by atoms with Crippen LogP contribution in [-0.4, -0.2) is 31.6 Å². The lowest BCUT2D eigenvalue weighted by Crippen LogP contribution is -2.38. The molecule has 1 atom stereocenters. The summed E-state index contributed by atoms with van der Waals surface area (Å²) in [5.74, 6) is 1.22. The minimum atomic E-state index is 0.0213. The normalized spacial score (nSPS) is 16.7. The van der Waals surface area contributed by atoms with Gasteiger partial charge in [-0.25, -0.2) is 0 Å². The third-order valence-electron chi connectivity index (χ3n) is 4.49. The van der Waals surface area contributed by atoms with Crippen molar-refractivity contribution < 1.29 is 14.3 Å². The summed E-state index contributed by atoms with van der Waals surface area (Å²) in [6, 6.07) is 13.7. The minimum absolute atomic E-state index is 0.0213. The van der Waals surface area contributed by atoms with Crippen LogP contribution in [0, 0.1) is 0 Å². The van der Waals surface area contributed by atoms with E-state index >= 15 is 0 Å². The summed E-state index contributed by atoms with van der Waals surface area (Å²) in [7, 11) is 3.16. The van der Waals surface area contributed by atoms with Gasteiger partial charge >= 0.3 is 0 Å². The molecule has 0 aromatic heterocycles. The van der Waals surface area contributed by atoms with Gasteiger partial charge in [0.15, 0.2) is 11.5 Å². The van der Waals surface area contributed by atoms with E-state index in [4.69, 9.17) is 9.47 Å². The molecule has 4 heteroatoms. The molecule has 0 bridgehead atoms. The summed E-state index contributed by atoms with van der Waals surface area (Å²) >= 11 is 0. The first-order chi connectivity index (χ1) is 11.2. The zero-order valence-electron chi connectivity index (χ0n) is 13.7. The van der Waals surface area contributed by atoms with Crippen LogP contribution in [0.4, 0.5) is 0 Å². The van der Waals surface area contributed by atoms with E-state index < -0.39 is 0 Å². The zero-order valence-corrected chi connectivity index (χ0v) is 13.7. The van der Waals surface area contributed by atoms with E-state index in [0.29, 0.717) is 17.1 Å². The predicted octanol–water partition coefficient (Wildman–Crippen LogP) is 3.46. The summed E-state index contributed by atoms with van der Waals surface area (Å²) < 4.78 is 10.5. The lowest BCUT2D eigenvalue weighted by atomic mass is 9.93. The van der Waals surface area contributed by atoms with Gasteiger partial charge in [0.1, 0.15) is 0 Å². The molecule has 0 N–H and O–H groups in total. The monoisotopic (exact) mass is 311 g/mol. The largest absolute Gasteiger partial charge is 0.493 e. The molecule has 0 spiro atoms. The van der Waals surface area contributed by atoms with Crippen molar-refractivity contribution in [1.29, 1.82) is 0 Å². The predicted molar refractivity (Wildman–Crippen MR) is 89.1 cm³/mol. The summed E-state index contributed by atoms with van der Waals surface area (Å²) in [5, 5.41) is 0. The van der Waals surface area contributed by atoms with Crippen LogP contribution in [0.3, 0.4) is 0 Å². The fraction of sp³-hybridized carbons (Fsp3) is 0.316. The topological polar surface area (TPSA) is 38.8 Å². The van der Waals surface area contributed by atoms with Crippen molar-refractivity contribution in [1.82, 2.24) is 4.90 Å². The number of amides is 1. The highest BCUT2D eigenvalue weighted by Gasteiger charge is 2.28. The number of ether oxygens (including phenoxy) is 2. The first-order valence-electron chi connectivity index (χ1n) is 7.76. The number of nitrogens with zero attached hydrogens (tertiary/aromatic N) is 1. The van der Waals surface area contributed by atoms with Gasteiger partial charge in [0.05, 0.1) is 20.3 Å². The van der Waals surface area contributed by atoms with Gasteiger partial charge in [-0.05, 0) is 42.7 Å². The quantitative estimate of drug-likeness (QED) is 0.871. The average Bonchev–Trinajstić information content (AvgIpc) is 2.61. The Morgan fingerprint density at radius 1 is 1.09 bits per heavy atom. The molecular formula is C19H21NO3. The Hall–Kier alpha value is -2.49. The second-order valence-electron chi connectivity index (χ2n) is 5.69. The number of fused-ring (bicyclic) bond motifs is 1. The number of carbonyl (C=O) groups is 1. The highest BCUT2D eigenvalue weighted by molar-refractivity contribution is 5.95. The molecule has 120 valence electrons. The van der Waals surface area contributed by atoms with E-state index in [0.717, 1.165) is 13.0 Å². The number of carbonyl (C=O) groups excluding carboxylic acids is 1. The van der Waals surface area contributed by atoms with Gasteiger partial charge in [-0.15, -0.1) is 0 Å². The van der Waals surface area contributed by atoms with E-state index in [1.54, 1.807) is 32.4 Å². The first kappa shape index (κ1) is 15.4. The van der Waals surface area contributed by atoms with Crippen LogP contribution < -0.4 is 9.47 Å². The van der Waals surface area contributed by atoms with E-state index in [-0.39, 0.29) is 11.9 Å². The number of benzene rings is 2. The molecule has 3 rings (SSSR count). The molecule has 0 saturated carbocycles. The Bertz CT molecular complexity index is 726. The molecule has 2 aromatic rings. The van der Waals surface area contributed by atoms with Gasteiger partial charge in [0, 0.05) is 12.1 Å². The molecule has 23 heavy (non-hydrogen) atoms. The summed E-state index contributed by atoms with van der Waals surface area (Å²) in [6.07, 6.45) is 0.888. The highest BCUT2D eigenvalue weighted by atomic mass is 16.5. The van der Waals surface area contributed by atoms with Gasteiger partial charge in [0.25, 0.3) is 5.91 Å². The Morgan fingerprint density at radius 2 is 1.83 bits per heavy atom. The highest BCUT2D eigenvalue weighted by Crippen LogP contribution is 2.32. The smallest absolute Gasteiger partial charge is 0.254 e.